The summed E-state index contributed by atoms with van der Waals surface area (Å²) in [5, 5.41) is 11.0. The summed E-state index contributed by atoms with van der Waals surface area (Å²) >= 11 is 0. The largest absolute Gasteiger partial charge is 0.396 e. The number of nitrogens with zero attached hydrogens (tertiary/aromatic N) is 1. The summed E-state index contributed by atoms with van der Waals surface area (Å²) in [6.45, 7) is 0.481. The Labute approximate surface area is 124 Å². The molecular weight excluding hydrogens is 301 g/mol. The fraction of sp³-hybridized carbons (Fsp3) is 0.429. The fourth-order valence-corrected chi connectivity index (χ4v) is 2.34. The molecule has 8 heteroatoms. The number of aliphatic hydroxyl groups excluding tert-OH is 1. The number of aliphatic hydroxyl groups is 1. The Kier molecular flexibility index (Phi) is 5.02. The number of benzene rings is 1. The van der Waals surface area contributed by atoms with Crippen molar-refractivity contribution >= 4 is 17.5 Å². The molecule has 22 heavy (non-hydrogen) atoms. The molecule has 1 fully saturated rings. The normalized spacial score (nSPS) is 18.2. The highest BCUT2D eigenvalue weighted by Crippen LogP contribution is 2.19. The molecule has 1 heterocycles. The molecule has 5 nitrogen and oxygen atoms in total. The lowest BCUT2D eigenvalue weighted by atomic mass is 9.99. The first kappa shape index (κ1) is 16.3. The molecule has 1 aromatic carbocycles. The average Bonchev–Trinajstić information content (AvgIpc) is 2.51. The number of hydrogen-bond acceptors (Lipinski definition) is 3. The topological polar surface area (TPSA) is 69.6 Å². The molecular formula is C14H15F3N2O3. The standard InChI is InChI=1S/C14H15F3N2O3/c15-9-4-11(17)12(5-10(9)16)18-13(21)14(22)19-3-1-2-8(6-19)7-20/h4-5,8,20H,1-3,6-7H2,(H,18,21). The second-order valence-corrected chi connectivity index (χ2v) is 5.14. The number of likely N-dealkylation sites (tertiary alicyclic amines) is 1. The molecule has 0 radical (unpaired) electrons. The zero-order valence-electron chi connectivity index (χ0n) is 11.6. The Balaban J connectivity index is 2.05. The second kappa shape index (κ2) is 6.78. The third kappa shape index (κ3) is 3.56. The lowest BCUT2D eigenvalue weighted by Crippen LogP contribution is -2.46. The van der Waals surface area contributed by atoms with Gasteiger partial charge in [0.05, 0.1) is 5.69 Å². The summed E-state index contributed by atoms with van der Waals surface area (Å²) in [6, 6.07) is 0.765. The smallest absolute Gasteiger partial charge is 0.313 e. The van der Waals surface area contributed by atoms with Crippen molar-refractivity contribution in [2.45, 2.75) is 12.8 Å². The van der Waals surface area contributed by atoms with Gasteiger partial charge >= 0.3 is 11.8 Å². The molecule has 1 aliphatic heterocycles. The summed E-state index contributed by atoms with van der Waals surface area (Å²) in [6.07, 6.45) is 1.39. The summed E-state index contributed by atoms with van der Waals surface area (Å²) in [7, 11) is 0. The molecule has 0 aromatic heterocycles. The molecule has 120 valence electrons. The van der Waals surface area contributed by atoms with Crippen LogP contribution in [0.1, 0.15) is 12.8 Å². The van der Waals surface area contributed by atoms with Gasteiger partial charge in [-0.3, -0.25) is 9.59 Å². The van der Waals surface area contributed by atoms with Crippen LogP contribution in [0.5, 0.6) is 0 Å². The molecule has 1 aromatic rings. The van der Waals surface area contributed by atoms with Crippen LogP contribution in [0, 0.1) is 23.4 Å². The van der Waals surface area contributed by atoms with Gasteiger partial charge in [-0.15, -0.1) is 0 Å². The van der Waals surface area contributed by atoms with Crippen LogP contribution in [0.3, 0.4) is 0 Å². The van der Waals surface area contributed by atoms with Gasteiger partial charge in [0.25, 0.3) is 0 Å². The van der Waals surface area contributed by atoms with Crippen molar-refractivity contribution in [2.24, 2.45) is 5.92 Å². The third-order valence-corrected chi connectivity index (χ3v) is 3.52. The van der Waals surface area contributed by atoms with Crippen LogP contribution in [-0.4, -0.2) is 41.5 Å². The SMILES string of the molecule is O=C(Nc1cc(F)c(F)cc1F)C(=O)N1CCCC(CO)C1. The summed E-state index contributed by atoms with van der Waals surface area (Å²) < 4.78 is 39.3. The van der Waals surface area contributed by atoms with Crippen LogP contribution >= 0.6 is 0 Å². The Morgan fingerprint density at radius 1 is 1.23 bits per heavy atom. The minimum atomic E-state index is -1.39. The summed E-state index contributed by atoms with van der Waals surface area (Å²) in [5.41, 5.74) is -0.604. The zero-order valence-corrected chi connectivity index (χ0v) is 11.6. The highest BCUT2D eigenvalue weighted by molar-refractivity contribution is 6.39. The number of hydrogen-bond donors (Lipinski definition) is 2. The summed E-state index contributed by atoms with van der Waals surface area (Å²) in [5.74, 6) is -6.03. The van der Waals surface area contributed by atoms with Gasteiger partial charge in [-0.1, -0.05) is 0 Å². The minimum Gasteiger partial charge on any atom is -0.396 e. The van der Waals surface area contributed by atoms with E-state index in [2.05, 4.69) is 0 Å². The van der Waals surface area contributed by atoms with Crippen LogP contribution in [0.25, 0.3) is 0 Å². The van der Waals surface area contributed by atoms with E-state index in [0.717, 1.165) is 6.42 Å². The van der Waals surface area contributed by atoms with E-state index in [1.807, 2.05) is 5.32 Å². The van der Waals surface area contributed by atoms with Gasteiger partial charge in [0.1, 0.15) is 5.82 Å². The molecule has 0 aliphatic carbocycles. The van der Waals surface area contributed by atoms with Crippen LogP contribution in [0.2, 0.25) is 0 Å². The molecule has 1 saturated heterocycles. The average molecular weight is 316 g/mol. The van der Waals surface area contributed by atoms with Crippen molar-refractivity contribution in [3.8, 4) is 0 Å². The predicted octanol–water partition coefficient (Wildman–Crippen LogP) is 1.27. The highest BCUT2D eigenvalue weighted by Gasteiger charge is 2.28. The number of piperidine rings is 1. The zero-order chi connectivity index (χ0) is 16.3. The number of carbonyl (C=O) groups is 2. The molecule has 0 spiro atoms. The van der Waals surface area contributed by atoms with Gasteiger partial charge in [0.2, 0.25) is 0 Å². The van der Waals surface area contributed by atoms with Gasteiger partial charge in [-0.05, 0) is 18.8 Å². The molecule has 0 saturated carbocycles. The van der Waals surface area contributed by atoms with Crippen molar-refractivity contribution in [2.75, 3.05) is 25.0 Å². The number of nitrogens with one attached hydrogen (secondary N) is 1. The monoisotopic (exact) mass is 316 g/mol. The lowest BCUT2D eigenvalue weighted by Gasteiger charge is -2.31. The Morgan fingerprint density at radius 3 is 2.59 bits per heavy atom. The second-order valence-electron chi connectivity index (χ2n) is 5.14. The molecule has 2 N–H and O–H groups in total. The third-order valence-electron chi connectivity index (χ3n) is 3.52. The predicted molar refractivity (Wildman–Crippen MR) is 71.3 cm³/mol. The maximum Gasteiger partial charge on any atom is 0.313 e. The van der Waals surface area contributed by atoms with Crippen LogP contribution in [0.15, 0.2) is 12.1 Å². The Bertz CT molecular complexity index is 595. The van der Waals surface area contributed by atoms with Crippen molar-refractivity contribution in [3.05, 3.63) is 29.6 Å². The maximum absolute atomic E-state index is 13.4. The number of anilines is 1. The van der Waals surface area contributed by atoms with Gasteiger partial charge < -0.3 is 15.3 Å². The van der Waals surface area contributed by atoms with Gasteiger partial charge in [-0.2, -0.15) is 0 Å². The maximum atomic E-state index is 13.4. The van der Waals surface area contributed by atoms with E-state index < -0.39 is 35.0 Å². The van der Waals surface area contributed by atoms with Gasteiger partial charge in [0.15, 0.2) is 11.6 Å². The first-order chi connectivity index (χ1) is 10.4. The molecule has 0 bridgehead atoms. The van der Waals surface area contributed by atoms with Crippen molar-refractivity contribution < 1.29 is 27.9 Å². The van der Waals surface area contributed by atoms with E-state index in [-0.39, 0.29) is 25.1 Å². The van der Waals surface area contributed by atoms with Crippen LogP contribution in [0.4, 0.5) is 18.9 Å². The van der Waals surface area contributed by atoms with E-state index in [1.165, 1.54) is 4.90 Å². The molecule has 2 amide bonds. The van der Waals surface area contributed by atoms with E-state index in [9.17, 15) is 22.8 Å². The lowest BCUT2D eigenvalue weighted by molar-refractivity contribution is -0.144. The quantitative estimate of drug-likeness (QED) is 0.638. The van der Waals surface area contributed by atoms with E-state index in [4.69, 9.17) is 5.11 Å². The molecule has 1 unspecified atom stereocenters. The molecule has 1 aliphatic rings. The summed E-state index contributed by atoms with van der Waals surface area (Å²) in [4.78, 5) is 25.0. The van der Waals surface area contributed by atoms with Crippen LogP contribution in [-0.2, 0) is 9.59 Å². The number of amides is 2. The molecule has 1 atom stereocenters. The minimum absolute atomic E-state index is 0.0940. The Morgan fingerprint density at radius 2 is 1.91 bits per heavy atom. The van der Waals surface area contributed by atoms with E-state index in [0.29, 0.717) is 19.0 Å². The van der Waals surface area contributed by atoms with E-state index in [1.54, 1.807) is 0 Å². The first-order valence-electron chi connectivity index (χ1n) is 6.78. The first-order valence-corrected chi connectivity index (χ1v) is 6.78. The van der Waals surface area contributed by atoms with Crippen molar-refractivity contribution in [1.82, 2.24) is 4.90 Å². The van der Waals surface area contributed by atoms with Crippen molar-refractivity contribution in [3.63, 3.8) is 0 Å². The van der Waals surface area contributed by atoms with E-state index >= 15 is 0 Å². The van der Waals surface area contributed by atoms with Gasteiger partial charge in [-0.25, -0.2) is 13.2 Å². The van der Waals surface area contributed by atoms with Crippen molar-refractivity contribution in [1.29, 1.82) is 0 Å². The molecule has 2 rings (SSSR count). The number of halogens is 3. The number of rotatable bonds is 2. The van der Waals surface area contributed by atoms with Crippen LogP contribution < -0.4 is 5.32 Å². The number of carbonyl (C=O) groups excluding carboxylic acids is 2. The van der Waals surface area contributed by atoms with Gasteiger partial charge in [0, 0.05) is 31.8 Å². The Hall–Kier alpha value is -2.09. The fourth-order valence-electron chi connectivity index (χ4n) is 2.34. The highest BCUT2D eigenvalue weighted by atomic mass is 19.2.